The summed E-state index contributed by atoms with van der Waals surface area (Å²) in [4.78, 5) is 27.6. The molecule has 1 saturated heterocycles. The van der Waals surface area contributed by atoms with Gasteiger partial charge in [0, 0.05) is 32.7 Å². The molecule has 0 aromatic heterocycles. The third kappa shape index (κ3) is 4.17. The fraction of sp³-hybridized carbons (Fsp3) is 0.263. The predicted octanol–water partition coefficient (Wildman–Crippen LogP) is 1.93. The lowest BCUT2D eigenvalue weighted by atomic mass is 10.2. The van der Waals surface area contributed by atoms with Crippen LogP contribution in [0.3, 0.4) is 0 Å². The predicted molar refractivity (Wildman–Crippen MR) is 93.4 cm³/mol. The van der Waals surface area contributed by atoms with Crippen LogP contribution < -0.4 is 10.2 Å². The highest BCUT2D eigenvalue weighted by Gasteiger charge is 2.26. The van der Waals surface area contributed by atoms with Gasteiger partial charge in [-0.1, -0.05) is 24.3 Å². The van der Waals surface area contributed by atoms with Crippen LogP contribution in [0, 0.1) is 11.6 Å². The minimum atomic E-state index is -0.700. The number of amides is 2. The highest BCUT2D eigenvalue weighted by Crippen LogP contribution is 2.20. The summed E-state index contributed by atoms with van der Waals surface area (Å²) >= 11 is 0. The summed E-state index contributed by atoms with van der Waals surface area (Å²) in [5.74, 6) is -1.97. The molecule has 0 saturated carbocycles. The van der Waals surface area contributed by atoms with Gasteiger partial charge in [0.2, 0.25) is 0 Å². The first-order valence-corrected chi connectivity index (χ1v) is 8.35. The van der Waals surface area contributed by atoms with Gasteiger partial charge in [0.05, 0.1) is 5.69 Å². The second kappa shape index (κ2) is 7.95. The molecule has 2 aromatic rings. The van der Waals surface area contributed by atoms with E-state index in [9.17, 15) is 18.4 Å². The minimum Gasteiger partial charge on any atom is -0.366 e. The molecule has 1 N–H and O–H groups in total. The van der Waals surface area contributed by atoms with Crippen LogP contribution in [0.4, 0.5) is 14.5 Å². The standard InChI is InChI=1S/C19H19F2N3O2/c20-15-7-5-14(6-8-15)13-22-18(25)19(26)24-11-9-23(10-12-24)17-4-2-1-3-16(17)21/h1-8H,9-13H2,(H,22,25). The number of halogens is 2. The maximum absolute atomic E-state index is 13.8. The van der Waals surface area contributed by atoms with E-state index in [-0.39, 0.29) is 18.2 Å². The van der Waals surface area contributed by atoms with E-state index < -0.39 is 11.8 Å². The molecule has 7 heteroatoms. The molecule has 0 unspecified atom stereocenters. The number of rotatable bonds is 3. The van der Waals surface area contributed by atoms with Gasteiger partial charge in [-0.2, -0.15) is 0 Å². The Kier molecular flexibility index (Phi) is 5.46. The average molecular weight is 359 g/mol. The van der Waals surface area contributed by atoms with Crippen LogP contribution in [-0.4, -0.2) is 42.9 Å². The second-order valence-corrected chi connectivity index (χ2v) is 6.04. The number of nitrogens with zero attached hydrogens (tertiary/aromatic N) is 2. The third-order valence-electron chi connectivity index (χ3n) is 4.32. The van der Waals surface area contributed by atoms with Gasteiger partial charge in [-0.25, -0.2) is 8.78 Å². The van der Waals surface area contributed by atoms with Gasteiger partial charge in [-0.05, 0) is 29.8 Å². The Balaban J connectivity index is 1.50. The highest BCUT2D eigenvalue weighted by molar-refractivity contribution is 6.35. The topological polar surface area (TPSA) is 52.7 Å². The summed E-state index contributed by atoms with van der Waals surface area (Å²) in [5, 5.41) is 2.54. The first kappa shape index (κ1) is 17.8. The van der Waals surface area contributed by atoms with E-state index in [2.05, 4.69) is 5.32 Å². The molecule has 1 aliphatic heterocycles. The number of carbonyl (C=O) groups is 2. The van der Waals surface area contributed by atoms with E-state index in [4.69, 9.17) is 0 Å². The Labute approximate surface area is 150 Å². The first-order chi connectivity index (χ1) is 12.5. The minimum absolute atomic E-state index is 0.153. The molecule has 2 aromatic carbocycles. The number of anilines is 1. The van der Waals surface area contributed by atoms with Crippen molar-refractivity contribution in [3.05, 3.63) is 65.7 Å². The SMILES string of the molecule is O=C(NCc1ccc(F)cc1)C(=O)N1CCN(c2ccccc2F)CC1. The van der Waals surface area contributed by atoms with Crippen LogP contribution in [0.2, 0.25) is 0 Å². The van der Waals surface area contributed by atoms with E-state index >= 15 is 0 Å². The number of hydrogen-bond acceptors (Lipinski definition) is 3. The van der Waals surface area contributed by atoms with Crippen LogP contribution in [-0.2, 0) is 16.1 Å². The monoisotopic (exact) mass is 359 g/mol. The first-order valence-electron chi connectivity index (χ1n) is 8.35. The van der Waals surface area contributed by atoms with Gasteiger partial charge in [0.15, 0.2) is 0 Å². The molecule has 2 amide bonds. The fourth-order valence-electron chi connectivity index (χ4n) is 2.86. The molecular formula is C19H19F2N3O2. The lowest BCUT2D eigenvalue weighted by Gasteiger charge is -2.35. The molecular weight excluding hydrogens is 340 g/mol. The maximum atomic E-state index is 13.8. The largest absolute Gasteiger partial charge is 0.366 e. The molecule has 1 fully saturated rings. The van der Waals surface area contributed by atoms with Crippen LogP contribution >= 0.6 is 0 Å². The number of carbonyl (C=O) groups excluding carboxylic acids is 2. The molecule has 1 aliphatic rings. The Morgan fingerprint density at radius 3 is 2.23 bits per heavy atom. The van der Waals surface area contributed by atoms with Gasteiger partial charge >= 0.3 is 11.8 Å². The van der Waals surface area contributed by atoms with Crippen molar-refractivity contribution in [2.24, 2.45) is 0 Å². The Bertz CT molecular complexity index is 788. The van der Waals surface area contributed by atoms with E-state index in [1.807, 2.05) is 4.90 Å². The normalized spacial score (nSPS) is 14.2. The number of nitrogens with one attached hydrogen (secondary N) is 1. The molecule has 3 rings (SSSR count). The molecule has 0 aliphatic carbocycles. The molecule has 0 bridgehead atoms. The zero-order valence-corrected chi connectivity index (χ0v) is 14.1. The summed E-state index contributed by atoms with van der Waals surface area (Å²) in [5.41, 5.74) is 1.21. The third-order valence-corrected chi connectivity index (χ3v) is 4.32. The van der Waals surface area contributed by atoms with Crippen LogP contribution in [0.5, 0.6) is 0 Å². The summed E-state index contributed by atoms with van der Waals surface area (Å²) < 4.78 is 26.7. The molecule has 26 heavy (non-hydrogen) atoms. The van der Waals surface area contributed by atoms with E-state index in [0.29, 0.717) is 37.4 Å². The number of benzene rings is 2. The molecule has 136 valence electrons. The quantitative estimate of drug-likeness (QED) is 0.852. The number of piperazine rings is 1. The van der Waals surface area contributed by atoms with E-state index in [1.165, 1.54) is 23.1 Å². The van der Waals surface area contributed by atoms with Crippen LogP contribution in [0.15, 0.2) is 48.5 Å². The fourth-order valence-corrected chi connectivity index (χ4v) is 2.86. The van der Waals surface area contributed by atoms with Gasteiger partial charge in [0.1, 0.15) is 11.6 Å². The highest BCUT2D eigenvalue weighted by atomic mass is 19.1. The lowest BCUT2D eigenvalue weighted by molar-refractivity contribution is -0.146. The molecule has 0 spiro atoms. The van der Waals surface area contributed by atoms with Crippen molar-refractivity contribution in [3.8, 4) is 0 Å². The number of para-hydroxylation sites is 1. The summed E-state index contributed by atoms with van der Waals surface area (Å²) in [6, 6.07) is 12.2. The van der Waals surface area contributed by atoms with Crippen molar-refractivity contribution < 1.29 is 18.4 Å². The van der Waals surface area contributed by atoms with Crippen molar-refractivity contribution in [1.82, 2.24) is 10.2 Å². The lowest BCUT2D eigenvalue weighted by Crippen LogP contribution is -2.52. The molecule has 5 nitrogen and oxygen atoms in total. The van der Waals surface area contributed by atoms with Gasteiger partial charge < -0.3 is 15.1 Å². The van der Waals surface area contributed by atoms with Crippen molar-refractivity contribution in [2.45, 2.75) is 6.54 Å². The molecule has 0 atom stereocenters. The van der Waals surface area contributed by atoms with E-state index in [1.54, 1.807) is 30.3 Å². The average Bonchev–Trinajstić information content (AvgIpc) is 2.67. The van der Waals surface area contributed by atoms with Gasteiger partial charge in [-0.15, -0.1) is 0 Å². The summed E-state index contributed by atoms with van der Waals surface area (Å²) in [7, 11) is 0. The molecule has 1 heterocycles. The zero-order valence-electron chi connectivity index (χ0n) is 14.1. The van der Waals surface area contributed by atoms with E-state index in [0.717, 1.165) is 0 Å². The van der Waals surface area contributed by atoms with Crippen LogP contribution in [0.25, 0.3) is 0 Å². The van der Waals surface area contributed by atoms with Crippen molar-refractivity contribution in [2.75, 3.05) is 31.1 Å². The smallest absolute Gasteiger partial charge is 0.312 e. The number of hydrogen-bond donors (Lipinski definition) is 1. The summed E-state index contributed by atoms with van der Waals surface area (Å²) in [6.07, 6.45) is 0. The Morgan fingerprint density at radius 2 is 1.58 bits per heavy atom. The molecule has 0 radical (unpaired) electrons. The van der Waals surface area contributed by atoms with Crippen molar-refractivity contribution in [1.29, 1.82) is 0 Å². The van der Waals surface area contributed by atoms with Gasteiger partial charge in [0.25, 0.3) is 0 Å². The Morgan fingerprint density at radius 1 is 0.923 bits per heavy atom. The van der Waals surface area contributed by atoms with Gasteiger partial charge in [-0.3, -0.25) is 9.59 Å². The summed E-state index contributed by atoms with van der Waals surface area (Å²) in [6.45, 7) is 1.75. The van der Waals surface area contributed by atoms with Crippen LogP contribution in [0.1, 0.15) is 5.56 Å². The van der Waals surface area contributed by atoms with Crippen molar-refractivity contribution in [3.63, 3.8) is 0 Å². The maximum Gasteiger partial charge on any atom is 0.312 e. The zero-order chi connectivity index (χ0) is 18.5. The second-order valence-electron chi connectivity index (χ2n) is 6.04. The van der Waals surface area contributed by atoms with Crippen molar-refractivity contribution >= 4 is 17.5 Å². The Hall–Kier alpha value is -2.96.